The van der Waals surface area contributed by atoms with Crippen molar-refractivity contribution in [1.82, 2.24) is 0 Å². The van der Waals surface area contributed by atoms with Crippen LogP contribution >= 0.6 is 11.6 Å². The quantitative estimate of drug-likeness (QED) is 0.636. The van der Waals surface area contributed by atoms with Gasteiger partial charge < -0.3 is 5.11 Å². The fourth-order valence-corrected chi connectivity index (χ4v) is 2.96. The molecule has 0 aliphatic carbocycles. The zero-order chi connectivity index (χ0) is 16.4. The van der Waals surface area contributed by atoms with Crippen LogP contribution in [0.1, 0.15) is 19.4 Å². The SMILES string of the molecule is CC(C)(O)c1ccc(Cl)cc1-c1cccc(-c2ccccc2)c1. The number of rotatable bonds is 3. The van der Waals surface area contributed by atoms with Crippen LogP contribution in [0.25, 0.3) is 22.3 Å². The van der Waals surface area contributed by atoms with Crippen molar-refractivity contribution >= 4 is 11.6 Å². The van der Waals surface area contributed by atoms with E-state index in [2.05, 4.69) is 24.3 Å². The summed E-state index contributed by atoms with van der Waals surface area (Å²) in [7, 11) is 0. The third kappa shape index (κ3) is 3.47. The molecule has 0 aliphatic rings. The van der Waals surface area contributed by atoms with Crippen LogP contribution in [0.2, 0.25) is 5.02 Å². The van der Waals surface area contributed by atoms with Crippen LogP contribution in [0.5, 0.6) is 0 Å². The Balaban J connectivity index is 2.15. The van der Waals surface area contributed by atoms with Crippen molar-refractivity contribution in [3.63, 3.8) is 0 Å². The molecule has 1 nitrogen and oxygen atoms in total. The third-order valence-corrected chi connectivity index (χ3v) is 4.16. The van der Waals surface area contributed by atoms with Crippen LogP contribution in [0.4, 0.5) is 0 Å². The van der Waals surface area contributed by atoms with Crippen LogP contribution < -0.4 is 0 Å². The van der Waals surface area contributed by atoms with E-state index < -0.39 is 5.60 Å². The van der Waals surface area contributed by atoms with Gasteiger partial charge in [0.2, 0.25) is 0 Å². The Hall–Kier alpha value is -2.09. The molecule has 0 aliphatic heterocycles. The van der Waals surface area contributed by atoms with Gasteiger partial charge in [-0.1, -0.05) is 66.2 Å². The van der Waals surface area contributed by atoms with E-state index in [0.29, 0.717) is 5.02 Å². The monoisotopic (exact) mass is 322 g/mol. The second kappa shape index (κ2) is 6.19. The van der Waals surface area contributed by atoms with Gasteiger partial charge in [0.05, 0.1) is 5.60 Å². The van der Waals surface area contributed by atoms with E-state index in [1.165, 1.54) is 5.56 Å². The summed E-state index contributed by atoms with van der Waals surface area (Å²) in [4.78, 5) is 0. The summed E-state index contributed by atoms with van der Waals surface area (Å²) in [5.41, 5.74) is 4.26. The van der Waals surface area contributed by atoms with E-state index in [-0.39, 0.29) is 0 Å². The van der Waals surface area contributed by atoms with Gasteiger partial charge in [0.25, 0.3) is 0 Å². The molecule has 0 bridgehead atoms. The molecule has 0 amide bonds. The average molecular weight is 323 g/mol. The van der Waals surface area contributed by atoms with Gasteiger partial charge in [0.15, 0.2) is 0 Å². The van der Waals surface area contributed by atoms with Crippen LogP contribution in [-0.4, -0.2) is 5.11 Å². The van der Waals surface area contributed by atoms with Gasteiger partial charge in [-0.05, 0) is 59.9 Å². The van der Waals surface area contributed by atoms with E-state index in [1.807, 2.05) is 48.5 Å². The molecule has 116 valence electrons. The minimum Gasteiger partial charge on any atom is -0.386 e. The Kier molecular flexibility index (Phi) is 4.25. The summed E-state index contributed by atoms with van der Waals surface area (Å²) in [6, 6.07) is 24.2. The first-order valence-electron chi connectivity index (χ1n) is 7.63. The summed E-state index contributed by atoms with van der Waals surface area (Å²) in [6.45, 7) is 3.58. The predicted molar refractivity (Wildman–Crippen MR) is 97.6 cm³/mol. The average Bonchev–Trinajstić information content (AvgIpc) is 2.54. The van der Waals surface area contributed by atoms with Crippen molar-refractivity contribution in [1.29, 1.82) is 0 Å². The number of benzene rings is 3. The summed E-state index contributed by atoms with van der Waals surface area (Å²) >= 11 is 6.19. The van der Waals surface area contributed by atoms with E-state index in [0.717, 1.165) is 22.3 Å². The Labute approximate surface area is 142 Å². The van der Waals surface area contributed by atoms with Crippen molar-refractivity contribution < 1.29 is 5.11 Å². The highest BCUT2D eigenvalue weighted by Gasteiger charge is 2.21. The van der Waals surface area contributed by atoms with Gasteiger partial charge in [-0.25, -0.2) is 0 Å². The molecule has 0 saturated heterocycles. The molecule has 2 heteroatoms. The molecule has 0 radical (unpaired) electrons. The highest BCUT2D eigenvalue weighted by molar-refractivity contribution is 6.30. The molecule has 23 heavy (non-hydrogen) atoms. The lowest BCUT2D eigenvalue weighted by molar-refractivity contribution is 0.0792. The molecule has 0 fully saturated rings. The summed E-state index contributed by atoms with van der Waals surface area (Å²) in [5.74, 6) is 0. The predicted octanol–water partition coefficient (Wildman–Crippen LogP) is 5.90. The molecule has 0 atom stereocenters. The van der Waals surface area contributed by atoms with Gasteiger partial charge in [-0.15, -0.1) is 0 Å². The van der Waals surface area contributed by atoms with Crippen LogP contribution in [0.15, 0.2) is 72.8 Å². The molecule has 3 aromatic rings. The molecule has 0 heterocycles. The fourth-order valence-electron chi connectivity index (χ4n) is 2.79. The minimum atomic E-state index is -0.928. The first-order chi connectivity index (χ1) is 10.9. The van der Waals surface area contributed by atoms with Gasteiger partial charge in [0, 0.05) is 5.02 Å². The Morgan fingerprint density at radius 3 is 2.09 bits per heavy atom. The fraction of sp³-hybridized carbons (Fsp3) is 0.143. The molecule has 1 N–H and O–H groups in total. The second-order valence-corrected chi connectivity index (χ2v) is 6.63. The first kappa shape index (κ1) is 15.8. The lowest BCUT2D eigenvalue weighted by atomic mass is 9.88. The highest BCUT2D eigenvalue weighted by Crippen LogP contribution is 2.35. The van der Waals surface area contributed by atoms with Crippen molar-refractivity contribution in [2.24, 2.45) is 0 Å². The molecular weight excluding hydrogens is 304 g/mol. The summed E-state index contributed by atoms with van der Waals surface area (Å²) < 4.78 is 0. The number of aliphatic hydroxyl groups is 1. The van der Waals surface area contributed by atoms with Gasteiger partial charge in [-0.2, -0.15) is 0 Å². The highest BCUT2D eigenvalue weighted by atomic mass is 35.5. The zero-order valence-corrected chi connectivity index (χ0v) is 14.0. The largest absolute Gasteiger partial charge is 0.386 e. The normalized spacial score (nSPS) is 11.5. The molecule has 0 aromatic heterocycles. The molecule has 0 saturated carbocycles. The maximum Gasteiger partial charge on any atom is 0.0846 e. The van der Waals surface area contributed by atoms with E-state index >= 15 is 0 Å². The Morgan fingerprint density at radius 1 is 0.739 bits per heavy atom. The van der Waals surface area contributed by atoms with Gasteiger partial charge in [0.1, 0.15) is 0 Å². The van der Waals surface area contributed by atoms with Crippen molar-refractivity contribution in [2.75, 3.05) is 0 Å². The van der Waals surface area contributed by atoms with Gasteiger partial charge in [-0.3, -0.25) is 0 Å². The number of halogens is 1. The van der Waals surface area contributed by atoms with E-state index in [1.54, 1.807) is 13.8 Å². The maximum absolute atomic E-state index is 10.5. The number of hydrogen-bond acceptors (Lipinski definition) is 1. The number of hydrogen-bond donors (Lipinski definition) is 1. The van der Waals surface area contributed by atoms with Crippen molar-refractivity contribution in [2.45, 2.75) is 19.4 Å². The van der Waals surface area contributed by atoms with Crippen LogP contribution in [0, 0.1) is 0 Å². The standard InChI is InChI=1S/C21H19ClO/c1-21(2,23)20-12-11-18(22)14-19(20)17-10-6-9-16(13-17)15-7-4-3-5-8-15/h3-14,23H,1-2H3. The molecule has 3 rings (SSSR count). The molecular formula is C21H19ClO. The summed E-state index contributed by atoms with van der Waals surface area (Å²) in [5, 5.41) is 11.1. The minimum absolute atomic E-state index is 0.665. The van der Waals surface area contributed by atoms with Crippen LogP contribution in [0.3, 0.4) is 0 Å². The third-order valence-electron chi connectivity index (χ3n) is 3.92. The van der Waals surface area contributed by atoms with Crippen molar-refractivity contribution in [3.8, 4) is 22.3 Å². The van der Waals surface area contributed by atoms with Gasteiger partial charge >= 0.3 is 0 Å². The molecule has 3 aromatic carbocycles. The second-order valence-electron chi connectivity index (χ2n) is 6.20. The topological polar surface area (TPSA) is 20.2 Å². The zero-order valence-electron chi connectivity index (χ0n) is 13.3. The Morgan fingerprint density at radius 2 is 1.39 bits per heavy atom. The Bertz CT molecular complexity index is 817. The summed E-state index contributed by atoms with van der Waals surface area (Å²) in [6.07, 6.45) is 0. The lowest BCUT2D eigenvalue weighted by Gasteiger charge is -2.22. The maximum atomic E-state index is 10.5. The van der Waals surface area contributed by atoms with Crippen molar-refractivity contribution in [3.05, 3.63) is 83.4 Å². The van der Waals surface area contributed by atoms with Crippen LogP contribution in [-0.2, 0) is 5.60 Å². The first-order valence-corrected chi connectivity index (χ1v) is 8.01. The molecule has 0 unspecified atom stereocenters. The van der Waals surface area contributed by atoms with E-state index in [9.17, 15) is 5.11 Å². The van der Waals surface area contributed by atoms with E-state index in [4.69, 9.17) is 11.6 Å². The smallest absolute Gasteiger partial charge is 0.0846 e. The lowest BCUT2D eigenvalue weighted by Crippen LogP contribution is -2.16. The molecule has 0 spiro atoms.